The maximum absolute atomic E-state index is 13.3. The summed E-state index contributed by atoms with van der Waals surface area (Å²) in [6.45, 7) is 4.50. The van der Waals surface area contributed by atoms with Crippen molar-refractivity contribution in [3.05, 3.63) is 131 Å². The van der Waals surface area contributed by atoms with Gasteiger partial charge in [0.15, 0.2) is 19.7 Å². The van der Waals surface area contributed by atoms with Crippen molar-refractivity contribution in [2.75, 3.05) is 65.9 Å². The normalized spacial score (nSPS) is 18.9. The van der Waals surface area contributed by atoms with Gasteiger partial charge in [0.2, 0.25) is 0 Å². The Bertz CT molecular complexity index is 2760. The molecular formula is C51H65N9O9S2. The predicted octanol–water partition coefficient (Wildman–Crippen LogP) is 4.45. The molecule has 4 heterocycles. The van der Waals surface area contributed by atoms with Gasteiger partial charge in [-0.25, -0.2) is 31.2 Å². The topological polar surface area (TPSA) is 232 Å². The molecule has 0 saturated carbocycles. The van der Waals surface area contributed by atoms with Crippen LogP contribution in [0.4, 0.5) is 14.4 Å². The molecule has 4 aromatic carbocycles. The Morgan fingerprint density at radius 1 is 0.606 bits per heavy atom. The molecule has 20 heteroatoms. The number of nitrogens with one attached hydrogen (secondary N) is 3. The molecule has 5 N–H and O–H groups in total. The number of amides is 8. The van der Waals surface area contributed by atoms with Gasteiger partial charge in [0.05, 0.1) is 28.9 Å². The van der Waals surface area contributed by atoms with Crippen LogP contribution >= 0.6 is 0 Å². The Balaban J connectivity index is 0.000000211. The second kappa shape index (κ2) is 22.1. The van der Waals surface area contributed by atoms with E-state index in [4.69, 9.17) is 5.73 Å². The van der Waals surface area contributed by atoms with Crippen LogP contribution < -0.4 is 21.7 Å². The smallest absolute Gasteiger partial charge is 0.325 e. The number of carbonyl (C=O) groups is 5. The molecule has 0 aliphatic carbocycles. The van der Waals surface area contributed by atoms with E-state index >= 15 is 0 Å². The molecule has 4 aliphatic rings. The molecule has 2 atom stereocenters. The number of hydrogen-bond acceptors (Lipinski definition) is 12. The van der Waals surface area contributed by atoms with Crippen molar-refractivity contribution in [3.63, 3.8) is 0 Å². The number of imide groups is 2. The highest BCUT2D eigenvalue weighted by molar-refractivity contribution is 7.91. The SMILES string of the molecule is CN(C)C(=O)N[C@@H](CCN1CCC2(CC1)NC(=O)N(Cc1ccc(S(C)(=O)=O)cc1)C2=O)c1ccccc1.CS(=O)(=O)c1ccc(CN2C(=O)NC3(CCN(CC[C@H](N)c4ccccc4)CC3)C2=O)cc1. The van der Waals surface area contributed by atoms with Crippen LogP contribution in [0, 0.1) is 0 Å². The van der Waals surface area contributed by atoms with Crippen molar-refractivity contribution in [1.29, 1.82) is 0 Å². The first-order valence-corrected chi connectivity index (χ1v) is 27.6. The lowest BCUT2D eigenvalue weighted by Crippen LogP contribution is -2.55. The van der Waals surface area contributed by atoms with E-state index in [1.54, 1.807) is 38.4 Å². The maximum atomic E-state index is 13.3. The molecule has 4 aromatic rings. The highest BCUT2D eigenvalue weighted by Gasteiger charge is 2.53. The zero-order chi connectivity index (χ0) is 51.1. The fourth-order valence-corrected chi connectivity index (χ4v) is 10.7. The number of sulfone groups is 2. The number of rotatable bonds is 15. The van der Waals surface area contributed by atoms with E-state index in [2.05, 4.69) is 25.8 Å². The summed E-state index contributed by atoms with van der Waals surface area (Å²) in [4.78, 5) is 73.1. The van der Waals surface area contributed by atoms with Crippen molar-refractivity contribution in [3.8, 4) is 0 Å². The third-order valence-corrected chi connectivity index (χ3v) is 16.2. The highest BCUT2D eigenvalue weighted by Crippen LogP contribution is 2.33. The van der Waals surface area contributed by atoms with E-state index in [1.807, 2.05) is 60.7 Å². The van der Waals surface area contributed by atoms with Crippen LogP contribution in [-0.4, -0.2) is 148 Å². The first kappa shape index (κ1) is 52.6. The van der Waals surface area contributed by atoms with Gasteiger partial charge in [-0.1, -0.05) is 84.9 Å². The van der Waals surface area contributed by atoms with Gasteiger partial charge in [0.25, 0.3) is 11.8 Å². The summed E-state index contributed by atoms with van der Waals surface area (Å²) in [5, 5.41) is 8.94. The standard InChI is InChI=1S/C27H35N5O5S.C24H30N4O4S/c1-30(2)25(34)28-23(21-7-5-4-6-8-21)13-16-31-17-14-27(15-18-31)24(33)32(26(35)29-27)19-20-9-11-22(12-10-20)38(3,36)37;1-33(31,32)20-9-7-18(8-10-20)17-28-22(29)24(26-23(28)30)12-15-27(16-13-24)14-11-21(25)19-5-3-2-4-6-19/h4-12,23H,13-19H2,1-3H3,(H,28,34)(H,29,35);2-10,21H,11-17,25H2,1H3,(H,26,30)/t23-;21-/m00/s1. The third kappa shape index (κ3) is 12.8. The van der Waals surface area contributed by atoms with Gasteiger partial charge < -0.3 is 36.4 Å². The van der Waals surface area contributed by atoms with Crippen LogP contribution in [0.3, 0.4) is 0 Å². The largest absolute Gasteiger partial charge is 0.331 e. The average Bonchev–Trinajstić information content (AvgIpc) is 3.71. The van der Waals surface area contributed by atoms with Crippen molar-refractivity contribution in [2.24, 2.45) is 5.73 Å². The van der Waals surface area contributed by atoms with E-state index in [9.17, 15) is 40.8 Å². The molecule has 0 radical (unpaired) electrons. The Hall–Kier alpha value is -6.19. The van der Waals surface area contributed by atoms with Crippen LogP contribution in [0.25, 0.3) is 0 Å². The minimum atomic E-state index is -3.32. The zero-order valence-corrected chi connectivity index (χ0v) is 42.4. The second-order valence-corrected chi connectivity index (χ2v) is 23.3. The van der Waals surface area contributed by atoms with Crippen molar-refractivity contribution >= 4 is 49.6 Å². The van der Waals surface area contributed by atoms with Crippen molar-refractivity contribution in [2.45, 2.75) is 84.6 Å². The number of benzene rings is 4. The molecule has 2 spiro atoms. The van der Waals surface area contributed by atoms with Crippen molar-refractivity contribution < 1.29 is 40.8 Å². The summed E-state index contributed by atoms with van der Waals surface area (Å²) in [6.07, 6.45) is 5.94. The Morgan fingerprint density at radius 2 is 0.986 bits per heavy atom. The molecule has 0 bridgehead atoms. The minimum absolute atomic E-state index is 0.0283. The average molecular weight is 1010 g/mol. The number of carbonyl (C=O) groups excluding carboxylic acids is 5. The first-order valence-electron chi connectivity index (χ1n) is 23.8. The van der Waals surface area contributed by atoms with E-state index in [1.165, 1.54) is 39.0 Å². The van der Waals surface area contributed by atoms with Gasteiger partial charge >= 0.3 is 18.1 Å². The Morgan fingerprint density at radius 3 is 1.37 bits per heavy atom. The van der Waals surface area contributed by atoms with Gasteiger partial charge in [-0.2, -0.15) is 0 Å². The van der Waals surface area contributed by atoms with E-state index < -0.39 is 42.8 Å². The Labute approximate surface area is 416 Å². The molecule has 0 aromatic heterocycles. The van der Waals surface area contributed by atoms with Gasteiger partial charge in [-0.05, 0) is 91.6 Å². The van der Waals surface area contributed by atoms with Gasteiger partial charge in [0, 0.05) is 65.4 Å². The summed E-state index contributed by atoms with van der Waals surface area (Å²) in [5.41, 5.74) is 8.08. The molecular weight excluding hydrogens is 947 g/mol. The first-order chi connectivity index (χ1) is 33.7. The zero-order valence-electron chi connectivity index (χ0n) is 40.8. The molecule has 380 valence electrons. The summed E-state index contributed by atoms with van der Waals surface area (Å²) in [6, 6.07) is 31.2. The number of urea groups is 3. The van der Waals surface area contributed by atoms with Gasteiger partial charge in [0.1, 0.15) is 11.1 Å². The molecule has 8 rings (SSSR count). The quantitative estimate of drug-likeness (QED) is 0.121. The maximum Gasteiger partial charge on any atom is 0.325 e. The van der Waals surface area contributed by atoms with Crippen LogP contribution in [0.2, 0.25) is 0 Å². The summed E-state index contributed by atoms with van der Waals surface area (Å²) >= 11 is 0. The lowest BCUT2D eigenvalue weighted by atomic mass is 9.87. The predicted molar refractivity (Wildman–Crippen MR) is 268 cm³/mol. The lowest BCUT2D eigenvalue weighted by molar-refractivity contribution is -0.134. The van der Waals surface area contributed by atoms with Crippen LogP contribution in [-0.2, 0) is 42.4 Å². The molecule has 4 saturated heterocycles. The number of piperidine rings is 2. The van der Waals surface area contributed by atoms with E-state index in [-0.39, 0.29) is 52.8 Å². The van der Waals surface area contributed by atoms with Gasteiger partial charge in [-0.15, -0.1) is 0 Å². The third-order valence-electron chi connectivity index (χ3n) is 13.9. The monoisotopic (exact) mass is 1010 g/mol. The molecule has 18 nitrogen and oxygen atoms in total. The fourth-order valence-electron chi connectivity index (χ4n) is 9.47. The number of nitrogens with two attached hydrogens (primary N) is 1. The second-order valence-electron chi connectivity index (χ2n) is 19.2. The number of hydrogen-bond donors (Lipinski definition) is 4. The Kier molecular flexibility index (Phi) is 16.4. The van der Waals surface area contributed by atoms with Crippen LogP contribution in [0.5, 0.6) is 0 Å². The lowest BCUT2D eigenvalue weighted by Gasteiger charge is -2.38. The fraction of sp³-hybridized carbons (Fsp3) is 0.431. The highest BCUT2D eigenvalue weighted by atomic mass is 32.2. The molecule has 4 aliphatic heterocycles. The molecule has 8 amide bonds. The van der Waals surface area contributed by atoms with Crippen LogP contribution in [0.15, 0.2) is 119 Å². The van der Waals surface area contributed by atoms with E-state index in [0.29, 0.717) is 69.4 Å². The number of likely N-dealkylation sites (tertiary alicyclic amines) is 2. The summed E-state index contributed by atoms with van der Waals surface area (Å²) < 4.78 is 46.7. The van der Waals surface area contributed by atoms with Crippen molar-refractivity contribution in [1.82, 2.24) is 40.4 Å². The molecule has 71 heavy (non-hydrogen) atoms. The molecule has 4 fully saturated rings. The summed E-state index contributed by atoms with van der Waals surface area (Å²) in [5.74, 6) is -0.449. The summed E-state index contributed by atoms with van der Waals surface area (Å²) in [7, 11) is -3.19. The minimum Gasteiger partial charge on any atom is -0.331 e. The van der Waals surface area contributed by atoms with Crippen LogP contribution in [0.1, 0.15) is 72.9 Å². The van der Waals surface area contributed by atoms with Gasteiger partial charge in [-0.3, -0.25) is 19.4 Å². The number of nitrogens with zero attached hydrogens (tertiary/aromatic N) is 5. The molecule has 0 unspecified atom stereocenters. The van der Waals surface area contributed by atoms with E-state index in [0.717, 1.165) is 43.1 Å².